The fraction of sp³-hybridized carbons (Fsp3) is 0.263. The van der Waals surface area contributed by atoms with Gasteiger partial charge in [-0.2, -0.15) is 13.2 Å². The highest BCUT2D eigenvalue weighted by Gasteiger charge is 2.32. The summed E-state index contributed by atoms with van der Waals surface area (Å²) in [5.74, 6) is -0.0470. The van der Waals surface area contributed by atoms with Crippen molar-refractivity contribution in [2.45, 2.75) is 30.5 Å². The first-order chi connectivity index (χ1) is 13.1. The molecule has 0 aliphatic rings. The van der Waals surface area contributed by atoms with Gasteiger partial charge in [0.05, 0.1) is 20.7 Å². The van der Waals surface area contributed by atoms with Crippen molar-refractivity contribution in [3.63, 3.8) is 0 Å². The van der Waals surface area contributed by atoms with Gasteiger partial charge in [0.25, 0.3) is 0 Å². The summed E-state index contributed by atoms with van der Waals surface area (Å²) in [6.07, 6.45) is -1.06. The summed E-state index contributed by atoms with van der Waals surface area (Å²) in [5.41, 5.74) is 0.466. The van der Waals surface area contributed by atoms with Crippen molar-refractivity contribution in [1.29, 1.82) is 4.78 Å². The number of nitrogens with one attached hydrogen (secondary N) is 1. The molecule has 3 aromatic rings. The van der Waals surface area contributed by atoms with E-state index in [0.717, 1.165) is 22.7 Å². The van der Waals surface area contributed by atoms with Crippen molar-refractivity contribution >= 4 is 21.1 Å². The molecule has 0 saturated heterocycles. The molecule has 2 aromatic heterocycles. The molecular formula is C19H18F3N3OS2. The first kappa shape index (κ1) is 20.5. The number of rotatable bonds is 6. The van der Waals surface area contributed by atoms with Crippen LogP contribution in [0, 0.1) is 4.78 Å². The number of pyridine rings is 1. The lowest BCUT2D eigenvalue weighted by molar-refractivity contribution is -0.141. The fourth-order valence-corrected chi connectivity index (χ4v) is 5.42. The Morgan fingerprint density at radius 1 is 1.11 bits per heavy atom. The summed E-state index contributed by atoms with van der Waals surface area (Å²) >= 11 is 1.40. The minimum Gasteiger partial charge on any atom is -0.252 e. The maximum absolute atomic E-state index is 12.9. The van der Waals surface area contributed by atoms with Crippen molar-refractivity contribution in [1.82, 2.24) is 9.97 Å². The van der Waals surface area contributed by atoms with Crippen LogP contribution in [0.25, 0.3) is 0 Å². The van der Waals surface area contributed by atoms with E-state index in [4.69, 9.17) is 4.78 Å². The topological polar surface area (TPSA) is 66.7 Å². The lowest BCUT2D eigenvalue weighted by atomic mass is 10.1. The lowest BCUT2D eigenvalue weighted by Crippen LogP contribution is -2.13. The van der Waals surface area contributed by atoms with Gasteiger partial charge in [-0.3, -0.25) is 9.76 Å². The van der Waals surface area contributed by atoms with Gasteiger partial charge < -0.3 is 0 Å². The van der Waals surface area contributed by atoms with E-state index < -0.39 is 26.8 Å². The first-order valence-electron chi connectivity index (χ1n) is 8.41. The molecule has 148 valence electrons. The number of benzene rings is 1. The van der Waals surface area contributed by atoms with Crippen LogP contribution in [0.4, 0.5) is 13.2 Å². The molecule has 1 N–H and O–H groups in total. The number of hydrogen-bond acceptors (Lipinski definition) is 5. The van der Waals surface area contributed by atoms with E-state index in [9.17, 15) is 17.4 Å². The normalized spacial score (nSPS) is 15.1. The van der Waals surface area contributed by atoms with Gasteiger partial charge >= 0.3 is 6.18 Å². The van der Waals surface area contributed by atoms with Gasteiger partial charge in [0.1, 0.15) is 10.7 Å². The zero-order valence-corrected chi connectivity index (χ0v) is 16.6. The largest absolute Gasteiger partial charge is 0.433 e. The molecule has 9 heteroatoms. The van der Waals surface area contributed by atoms with Crippen LogP contribution in [0.2, 0.25) is 0 Å². The smallest absolute Gasteiger partial charge is 0.252 e. The van der Waals surface area contributed by atoms with Crippen LogP contribution in [0.1, 0.15) is 38.9 Å². The number of alkyl halides is 3. The third-order valence-electron chi connectivity index (χ3n) is 4.28. The number of nitrogens with zero attached hydrogens (tertiary/aromatic N) is 2. The average Bonchev–Trinajstić information content (AvgIpc) is 3.07. The zero-order valence-electron chi connectivity index (χ0n) is 14.9. The summed E-state index contributed by atoms with van der Waals surface area (Å²) in [6, 6.07) is 11.9. The van der Waals surface area contributed by atoms with Crippen LogP contribution in [-0.4, -0.2) is 14.2 Å². The van der Waals surface area contributed by atoms with Gasteiger partial charge in [-0.05, 0) is 24.1 Å². The number of aromatic nitrogens is 2. The Hall–Kier alpha value is -2.26. The molecule has 4 nitrogen and oxygen atoms in total. The molecule has 0 fully saturated rings. The van der Waals surface area contributed by atoms with Crippen molar-refractivity contribution in [3.05, 3.63) is 81.6 Å². The van der Waals surface area contributed by atoms with Gasteiger partial charge in [0.2, 0.25) is 0 Å². The maximum Gasteiger partial charge on any atom is 0.433 e. The molecule has 0 spiro atoms. The third-order valence-corrected chi connectivity index (χ3v) is 7.57. The summed E-state index contributed by atoms with van der Waals surface area (Å²) in [4.78, 5) is 8.67. The molecule has 1 aromatic carbocycles. The minimum atomic E-state index is -4.53. The van der Waals surface area contributed by atoms with E-state index in [1.165, 1.54) is 17.4 Å². The molecular weight excluding hydrogens is 407 g/mol. The molecule has 2 unspecified atom stereocenters. The number of hydrogen-bond donors (Lipinski definition) is 1. The Morgan fingerprint density at radius 3 is 2.43 bits per heavy atom. The first-order valence-corrected chi connectivity index (χ1v) is 11.0. The average molecular weight is 426 g/mol. The summed E-state index contributed by atoms with van der Waals surface area (Å²) < 4.78 is 59.1. The van der Waals surface area contributed by atoms with Crippen LogP contribution < -0.4 is 0 Å². The Kier molecular flexibility index (Phi) is 5.85. The third kappa shape index (κ3) is 4.96. The van der Waals surface area contributed by atoms with Gasteiger partial charge in [0.15, 0.2) is 0 Å². The monoisotopic (exact) mass is 425 g/mol. The van der Waals surface area contributed by atoms with Crippen LogP contribution in [0.5, 0.6) is 0 Å². The van der Waals surface area contributed by atoms with Crippen LogP contribution in [-0.2, 0) is 28.1 Å². The molecule has 0 amide bonds. The summed E-state index contributed by atoms with van der Waals surface area (Å²) in [6.45, 7) is 1.57. The van der Waals surface area contributed by atoms with Crippen molar-refractivity contribution < 1.29 is 17.4 Å². The number of thiazole rings is 1. The number of halogens is 3. The van der Waals surface area contributed by atoms with E-state index in [1.807, 2.05) is 30.3 Å². The Bertz CT molecular complexity index is 1030. The van der Waals surface area contributed by atoms with Crippen molar-refractivity contribution in [2.24, 2.45) is 0 Å². The lowest BCUT2D eigenvalue weighted by Gasteiger charge is -2.15. The Morgan fingerprint density at radius 2 is 1.82 bits per heavy atom. The molecule has 2 heterocycles. The molecule has 3 rings (SSSR count). The SMILES string of the molecule is CC(c1ccc(C(F)(F)F)nc1)S(=N)(=O)Cc1ncc(Cc2ccccc2)s1. The quantitative estimate of drug-likeness (QED) is 0.571. The maximum atomic E-state index is 12.9. The molecule has 2 atom stereocenters. The summed E-state index contributed by atoms with van der Waals surface area (Å²) in [7, 11) is -3.15. The van der Waals surface area contributed by atoms with Crippen LogP contribution >= 0.6 is 11.3 Å². The van der Waals surface area contributed by atoms with Gasteiger partial charge in [-0.25, -0.2) is 9.19 Å². The van der Waals surface area contributed by atoms with E-state index in [1.54, 1.807) is 13.1 Å². The van der Waals surface area contributed by atoms with Gasteiger partial charge in [0, 0.05) is 23.7 Å². The van der Waals surface area contributed by atoms with E-state index >= 15 is 0 Å². The van der Waals surface area contributed by atoms with E-state index in [0.29, 0.717) is 17.0 Å². The van der Waals surface area contributed by atoms with E-state index in [-0.39, 0.29) is 5.75 Å². The summed E-state index contributed by atoms with van der Waals surface area (Å²) in [5, 5.41) is -0.179. The molecule has 28 heavy (non-hydrogen) atoms. The van der Waals surface area contributed by atoms with Crippen molar-refractivity contribution in [2.75, 3.05) is 0 Å². The predicted molar refractivity (Wildman–Crippen MR) is 104 cm³/mol. The highest BCUT2D eigenvalue weighted by atomic mass is 32.2. The molecule has 0 aliphatic carbocycles. The van der Waals surface area contributed by atoms with Gasteiger partial charge in [-0.1, -0.05) is 36.4 Å². The van der Waals surface area contributed by atoms with Crippen LogP contribution in [0.15, 0.2) is 54.9 Å². The highest BCUT2D eigenvalue weighted by Crippen LogP contribution is 2.31. The molecule has 0 aliphatic heterocycles. The fourth-order valence-electron chi connectivity index (χ4n) is 2.64. The Labute approximate surface area is 165 Å². The van der Waals surface area contributed by atoms with Crippen molar-refractivity contribution in [3.8, 4) is 0 Å². The van der Waals surface area contributed by atoms with E-state index in [2.05, 4.69) is 9.97 Å². The second kappa shape index (κ2) is 8.00. The predicted octanol–water partition coefficient (Wildman–Crippen LogP) is 5.46. The highest BCUT2D eigenvalue weighted by molar-refractivity contribution is 7.92. The molecule has 0 radical (unpaired) electrons. The van der Waals surface area contributed by atoms with Crippen LogP contribution in [0.3, 0.4) is 0 Å². The molecule has 0 saturated carbocycles. The minimum absolute atomic E-state index is 0.0470. The van der Waals surface area contributed by atoms with Gasteiger partial charge in [-0.15, -0.1) is 11.3 Å². The zero-order chi connectivity index (χ0) is 20.4. The second-order valence-electron chi connectivity index (χ2n) is 6.37. The molecule has 0 bridgehead atoms. The Balaban J connectivity index is 1.71. The second-order valence-corrected chi connectivity index (χ2v) is 10.0. The standard InChI is InChI=1S/C19H18F3N3OS2/c1-13(15-7-8-17(24-10-15)19(20,21)22)28(23,26)12-18-25-11-16(27-18)9-14-5-3-2-4-6-14/h2-8,10-11,13,23H,9,12H2,1H3.